The number of methoxy groups -OCH3 is 1. The Balaban J connectivity index is 1.38. The first kappa shape index (κ1) is 26.6. The average Bonchev–Trinajstić information content (AvgIpc) is 3.46. The standard InChI is InChI=1S/C24H27F3N8O4/c1-38-22-15(21(36)33-17-10-34(9-16(17)25)23(37)14-5-24(26,27)6-14)3-12(7-29-22)18-4-13(8-32-39-2)19-20(28)30-11-31-35(18)19/h3-4,7,11,14,16-17,32H,5-6,8-10H2,1-2H3,(H,33,36)(H2,28,30,31)/t16-,17+/m0/s1. The summed E-state index contributed by atoms with van der Waals surface area (Å²) in [6.45, 7) is -0.114. The van der Waals surface area contributed by atoms with Crippen LogP contribution in [0.2, 0.25) is 0 Å². The Bertz CT molecular complexity index is 1410. The molecular formula is C24H27F3N8O4. The molecule has 3 aromatic heterocycles. The van der Waals surface area contributed by atoms with Crippen molar-refractivity contribution in [3.05, 3.63) is 35.8 Å². The highest BCUT2D eigenvalue weighted by Crippen LogP contribution is 2.43. The average molecular weight is 549 g/mol. The van der Waals surface area contributed by atoms with Crippen molar-refractivity contribution in [2.45, 2.75) is 37.5 Å². The number of anilines is 1. The maximum absolute atomic E-state index is 14.8. The molecule has 2 atom stereocenters. The number of halogens is 3. The molecule has 1 aliphatic carbocycles. The van der Waals surface area contributed by atoms with Gasteiger partial charge in [0, 0.05) is 43.6 Å². The molecule has 0 aromatic carbocycles. The number of nitrogens with zero attached hydrogens (tertiary/aromatic N) is 5. The van der Waals surface area contributed by atoms with Crippen LogP contribution < -0.4 is 21.3 Å². The van der Waals surface area contributed by atoms with E-state index in [9.17, 15) is 22.8 Å². The lowest BCUT2D eigenvalue weighted by atomic mass is 9.80. The van der Waals surface area contributed by atoms with E-state index in [2.05, 4.69) is 25.9 Å². The molecule has 2 aliphatic rings. The molecule has 4 heterocycles. The van der Waals surface area contributed by atoms with Crippen molar-refractivity contribution in [3.63, 3.8) is 0 Å². The molecule has 1 saturated heterocycles. The largest absolute Gasteiger partial charge is 0.480 e. The monoisotopic (exact) mass is 548 g/mol. The summed E-state index contributed by atoms with van der Waals surface area (Å²) in [5.74, 6) is -4.65. The molecular weight excluding hydrogens is 521 g/mol. The Morgan fingerprint density at radius 2 is 1.97 bits per heavy atom. The van der Waals surface area contributed by atoms with Crippen LogP contribution in [0.25, 0.3) is 16.8 Å². The SMILES string of the molecule is CONCc1cc(-c2cnc(OC)c(C(=O)N[C@@H]3CN(C(=O)C4CC(F)(F)C4)C[C@@H]3F)c2)n2ncnc(N)c12. The van der Waals surface area contributed by atoms with Crippen molar-refractivity contribution in [1.82, 2.24) is 35.3 Å². The van der Waals surface area contributed by atoms with Crippen LogP contribution in [-0.4, -0.2) is 81.7 Å². The molecule has 0 spiro atoms. The number of hydrogen-bond donors (Lipinski definition) is 3. The molecule has 0 radical (unpaired) electrons. The van der Waals surface area contributed by atoms with E-state index in [1.807, 2.05) is 0 Å². The second-order valence-corrected chi connectivity index (χ2v) is 9.57. The Morgan fingerprint density at radius 3 is 2.67 bits per heavy atom. The predicted molar refractivity (Wildman–Crippen MR) is 131 cm³/mol. The normalized spacial score (nSPS) is 20.7. The molecule has 5 rings (SSSR count). The summed E-state index contributed by atoms with van der Waals surface area (Å²) in [6.07, 6.45) is 0.139. The van der Waals surface area contributed by atoms with Crippen molar-refractivity contribution in [3.8, 4) is 17.1 Å². The number of rotatable bonds is 8. The number of carbonyl (C=O) groups is 2. The maximum atomic E-state index is 14.8. The fourth-order valence-electron chi connectivity index (χ4n) is 4.97. The third-order valence-corrected chi connectivity index (χ3v) is 6.97. The number of nitrogens with one attached hydrogen (secondary N) is 2. The molecule has 2 amide bonds. The lowest BCUT2D eigenvalue weighted by Gasteiger charge is -2.36. The number of carbonyl (C=O) groups excluding carboxylic acids is 2. The number of pyridine rings is 1. The van der Waals surface area contributed by atoms with E-state index in [0.29, 0.717) is 23.3 Å². The molecule has 4 N–H and O–H groups in total. The van der Waals surface area contributed by atoms with Crippen LogP contribution in [0.5, 0.6) is 5.88 Å². The number of nitrogens with two attached hydrogens (primary N) is 1. The Hall–Kier alpha value is -3.98. The molecule has 1 aliphatic heterocycles. The van der Waals surface area contributed by atoms with Crippen molar-refractivity contribution in [2.75, 3.05) is 33.0 Å². The van der Waals surface area contributed by atoms with Crippen LogP contribution >= 0.6 is 0 Å². The van der Waals surface area contributed by atoms with E-state index in [1.165, 1.54) is 37.7 Å². The number of fused-ring (bicyclic) bond motifs is 1. The number of hydrogen-bond acceptors (Lipinski definition) is 9. The molecule has 39 heavy (non-hydrogen) atoms. The zero-order valence-corrected chi connectivity index (χ0v) is 21.2. The van der Waals surface area contributed by atoms with Gasteiger partial charge in [-0.3, -0.25) is 9.59 Å². The van der Waals surface area contributed by atoms with Crippen LogP contribution in [0.15, 0.2) is 24.7 Å². The van der Waals surface area contributed by atoms with E-state index in [4.69, 9.17) is 15.3 Å². The van der Waals surface area contributed by atoms with Gasteiger partial charge < -0.3 is 25.5 Å². The minimum atomic E-state index is -2.86. The van der Waals surface area contributed by atoms with E-state index in [-0.39, 0.29) is 30.4 Å². The van der Waals surface area contributed by atoms with Crippen LogP contribution in [0.3, 0.4) is 0 Å². The fraction of sp³-hybridized carbons (Fsp3) is 0.458. The van der Waals surface area contributed by atoms with Crippen LogP contribution in [0.1, 0.15) is 28.8 Å². The van der Waals surface area contributed by atoms with Gasteiger partial charge in [0.1, 0.15) is 23.6 Å². The summed E-state index contributed by atoms with van der Waals surface area (Å²) in [5.41, 5.74) is 11.2. The molecule has 15 heteroatoms. The summed E-state index contributed by atoms with van der Waals surface area (Å²) in [5, 5.41) is 6.88. The van der Waals surface area contributed by atoms with Crippen molar-refractivity contribution in [1.29, 1.82) is 0 Å². The minimum absolute atomic E-state index is 0.00515. The van der Waals surface area contributed by atoms with Crippen LogP contribution in [0.4, 0.5) is 19.0 Å². The van der Waals surface area contributed by atoms with E-state index >= 15 is 0 Å². The molecule has 208 valence electrons. The third-order valence-electron chi connectivity index (χ3n) is 6.97. The smallest absolute Gasteiger partial charge is 0.257 e. The van der Waals surface area contributed by atoms with Crippen molar-refractivity contribution in [2.24, 2.45) is 5.92 Å². The first-order chi connectivity index (χ1) is 18.6. The zero-order valence-electron chi connectivity index (χ0n) is 21.2. The summed E-state index contributed by atoms with van der Waals surface area (Å²) < 4.78 is 48.0. The van der Waals surface area contributed by atoms with Crippen molar-refractivity contribution < 1.29 is 32.3 Å². The molecule has 0 unspecified atom stereocenters. The Kier molecular flexibility index (Phi) is 7.03. The second kappa shape index (κ2) is 10.3. The molecule has 12 nitrogen and oxygen atoms in total. The number of nitrogen functional groups attached to an aromatic ring is 1. The van der Waals surface area contributed by atoms with Gasteiger partial charge in [-0.05, 0) is 17.7 Å². The van der Waals surface area contributed by atoms with Gasteiger partial charge in [0.15, 0.2) is 5.82 Å². The summed E-state index contributed by atoms with van der Waals surface area (Å²) in [4.78, 5) is 40.2. The van der Waals surface area contributed by atoms with E-state index in [0.717, 1.165) is 5.56 Å². The number of ether oxygens (including phenoxy) is 1. The van der Waals surface area contributed by atoms with Gasteiger partial charge in [-0.15, -0.1) is 0 Å². The van der Waals surface area contributed by atoms with Gasteiger partial charge in [-0.25, -0.2) is 27.7 Å². The van der Waals surface area contributed by atoms with Gasteiger partial charge in [0.25, 0.3) is 5.91 Å². The molecule has 0 bridgehead atoms. The minimum Gasteiger partial charge on any atom is -0.480 e. The fourth-order valence-corrected chi connectivity index (χ4v) is 4.97. The van der Waals surface area contributed by atoms with Gasteiger partial charge in [0.05, 0.1) is 32.5 Å². The lowest BCUT2D eigenvalue weighted by molar-refractivity contribution is -0.159. The number of likely N-dealkylation sites (tertiary alicyclic amines) is 1. The van der Waals surface area contributed by atoms with Crippen molar-refractivity contribution >= 4 is 23.1 Å². The van der Waals surface area contributed by atoms with E-state index < -0.39 is 48.7 Å². The number of alkyl halides is 3. The number of hydroxylamine groups is 1. The van der Waals surface area contributed by atoms with Crippen LogP contribution in [0, 0.1) is 5.92 Å². The first-order valence-corrected chi connectivity index (χ1v) is 12.1. The third kappa shape index (κ3) is 5.06. The van der Waals surface area contributed by atoms with Gasteiger partial charge in [0.2, 0.25) is 17.7 Å². The first-order valence-electron chi connectivity index (χ1n) is 12.1. The summed E-state index contributed by atoms with van der Waals surface area (Å²) in [6, 6.07) is 2.29. The maximum Gasteiger partial charge on any atom is 0.257 e. The number of amides is 2. The molecule has 1 saturated carbocycles. The highest BCUT2D eigenvalue weighted by molar-refractivity contribution is 5.98. The summed E-state index contributed by atoms with van der Waals surface area (Å²) in [7, 11) is 2.82. The summed E-state index contributed by atoms with van der Waals surface area (Å²) >= 11 is 0. The van der Waals surface area contributed by atoms with Crippen LogP contribution in [-0.2, 0) is 16.2 Å². The quantitative estimate of drug-likeness (QED) is 0.355. The molecule has 3 aromatic rings. The van der Waals surface area contributed by atoms with Gasteiger partial charge >= 0.3 is 0 Å². The lowest BCUT2D eigenvalue weighted by Crippen LogP contribution is -2.47. The topological polar surface area (TPSA) is 149 Å². The highest BCUT2D eigenvalue weighted by Gasteiger charge is 2.51. The Morgan fingerprint density at radius 1 is 1.21 bits per heavy atom. The van der Waals surface area contributed by atoms with Gasteiger partial charge in [-0.2, -0.15) is 10.6 Å². The highest BCUT2D eigenvalue weighted by atomic mass is 19.3. The molecule has 2 fully saturated rings. The van der Waals surface area contributed by atoms with Gasteiger partial charge in [-0.1, -0.05) is 0 Å². The Labute approximate surface area is 220 Å². The second-order valence-electron chi connectivity index (χ2n) is 9.57. The predicted octanol–water partition coefficient (Wildman–Crippen LogP) is 1.36. The number of aromatic nitrogens is 4. The van der Waals surface area contributed by atoms with E-state index in [1.54, 1.807) is 10.6 Å². The zero-order chi connectivity index (χ0) is 27.9.